The van der Waals surface area contributed by atoms with Crippen LogP contribution in [0.15, 0.2) is 41.6 Å². The standard InChI is InChI=1S/C27H38N2O4/c1-19(2)29(20(3)4)25(30)18-33-28-24-13-11-9-7-8-10-12-14-32-27(31)26-22(6)15-21(5)16-23(26)17-24/h8,10-11,13,15-16,19-20H,7,9,12,14,17-18H2,1-6H3/b10-8+,13-11+,28-24+. The molecule has 33 heavy (non-hydrogen) atoms. The molecule has 0 fully saturated rings. The zero-order valence-electron chi connectivity index (χ0n) is 20.9. The Kier molecular flexibility index (Phi) is 10.4. The number of carbonyl (C=O) groups is 2. The van der Waals surface area contributed by atoms with Crippen molar-refractivity contribution in [2.24, 2.45) is 5.16 Å². The average molecular weight is 455 g/mol. The van der Waals surface area contributed by atoms with Crippen molar-refractivity contribution in [2.75, 3.05) is 13.2 Å². The Bertz CT molecular complexity index is 905. The van der Waals surface area contributed by atoms with Crippen molar-refractivity contribution >= 4 is 17.6 Å². The Morgan fingerprint density at radius 3 is 2.42 bits per heavy atom. The van der Waals surface area contributed by atoms with E-state index in [1.165, 1.54) is 0 Å². The second-order valence-electron chi connectivity index (χ2n) is 9.01. The van der Waals surface area contributed by atoms with Crippen LogP contribution in [0.1, 0.15) is 74.0 Å². The van der Waals surface area contributed by atoms with Crippen molar-refractivity contribution in [3.05, 3.63) is 58.7 Å². The molecule has 1 aliphatic rings. The SMILES string of the molecule is Cc1cc(C)c2c(c1)CC(=N/OCC(=O)N(C(C)C)C(C)C)/C=C/CC/C=C/CCOC2=O. The number of ether oxygens (including phenoxy) is 1. The summed E-state index contributed by atoms with van der Waals surface area (Å²) in [6, 6.07) is 4.14. The smallest absolute Gasteiger partial charge is 0.338 e. The van der Waals surface area contributed by atoms with Gasteiger partial charge in [0.1, 0.15) is 0 Å². The van der Waals surface area contributed by atoms with Gasteiger partial charge in [-0.3, -0.25) is 4.79 Å². The van der Waals surface area contributed by atoms with Crippen molar-refractivity contribution in [2.45, 2.75) is 79.3 Å². The van der Waals surface area contributed by atoms with Gasteiger partial charge in [0.2, 0.25) is 0 Å². The molecule has 2 rings (SSSR count). The van der Waals surface area contributed by atoms with E-state index in [0.29, 0.717) is 30.7 Å². The maximum Gasteiger partial charge on any atom is 0.338 e. The number of allylic oxidation sites excluding steroid dienone is 3. The van der Waals surface area contributed by atoms with E-state index >= 15 is 0 Å². The van der Waals surface area contributed by atoms with Gasteiger partial charge in [0.15, 0.2) is 6.61 Å². The predicted octanol–water partition coefficient (Wildman–Crippen LogP) is 5.32. The molecule has 1 aromatic carbocycles. The van der Waals surface area contributed by atoms with Crippen LogP contribution in [-0.2, 0) is 20.8 Å². The maximum absolute atomic E-state index is 12.8. The summed E-state index contributed by atoms with van der Waals surface area (Å²) in [7, 11) is 0. The highest BCUT2D eigenvalue weighted by molar-refractivity contribution is 6.00. The molecule has 0 N–H and O–H groups in total. The number of hydrogen-bond donors (Lipinski definition) is 0. The molecule has 0 radical (unpaired) electrons. The molecule has 1 heterocycles. The molecule has 0 unspecified atom stereocenters. The van der Waals surface area contributed by atoms with Crippen LogP contribution in [0.4, 0.5) is 0 Å². The summed E-state index contributed by atoms with van der Waals surface area (Å²) in [5.41, 5.74) is 4.01. The lowest BCUT2D eigenvalue weighted by Gasteiger charge is -2.30. The van der Waals surface area contributed by atoms with Crippen molar-refractivity contribution in [1.29, 1.82) is 0 Å². The summed E-state index contributed by atoms with van der Waals surface area (Å²) in [5.74, 6) is -0.424. The first-order valence-electron chi connectivity index (χ1n) is 11.8. The molecule has 0 atom stereocenters. The number of oxime groups is 1. The zero-order chi connectivity index (χ0) is 24.4. The van der Waals surface area contributed by atoms with Crippen LogP contribution < -0.4 is 0 Å². The fourth-order valence-corrected chi connectivity index (χ4v) is 4.16. The highest BCUT2D eigenvalue weighted by Crippen LogP contribution is 2.20. The number of cyclic esters (lactones) is 1. The van der Waals surface area contributed by atoms with E-state index in [0.717, 1.165) is 29.5 Å². The molecule has 0 aromatic heterocycles. The van der Waals surface area contributed by atoms with Crippen molar-refractivity contribution in [3.63, 3.8) is 0 Å². The molecule has 0 saturated carbocycles. The maximum atomic E-state index is 12.8. The van der Waals surface area contributed by atoms with Gasteiger partial charge in [-0.15, -0.1) is 0 Å². The summed E-state index contributed by atoms with van der Waals surface area (Å²) in [6.45, 7) is 12.1. The number of amides is 1. The second kappa shape index (κ2) is 13.0. The van der Waals surface area contributed by atoms with Gasteiger partial charge in [0.25, 0.3) is 5.91 Å². The molecule has 1 aliphatic heterocycles. The van der Waals surface area contributed by atoms with Crippen LogP contribution in [-0.4, -0.2) is 47.8 Å². The van der Waals surface area contributed by atoms with Gasteiger partial charge in [-0.1, -0.05) is 41.1 Å². The molecule has 0 aliphatic carbocycles. The normalized spacial score (nSPS) is 18.4. The van der Waals surface area contributed by atoms with E-state index in [-0.39, 0.29) is 30.6 Å². The highest BCUT2D eigenvalue weighted by Gasteiger charge is 2.21. The number of fused-ring (bicyclic) bond motifs is 1. The van der Waals surface area contributed by atoms with Crippen LogP contribution in [0.3, 0.4) is 0 Å². The number of hydrogen-bond acceptors (Lipinski definition) is 5. The Labute approximate surface area is 198 Å². The summed E-state index contributed by atoms with van der Waals surface area (Å²) in [5, 5.41) is 4.29. The second-order valence-corrected chi connectivity index (χ2v) is 9.01. The molecule has 6 nitrogen and oxygen atoms in total. The lowest BCUT2D eigenvalue weighted by Crippen LogP contribution is -2.43. The van der Waals surface area contributed by atoms with Gasteiger partial charge in [-0.25, -0.2) is 4.79 Å². The summed E-state index contributed by atoms with van der Waals surface area (Å²) < 4.78 is 5.52. The van der Waals surface area contributed by atoms with Gasteiger partial charge >= 0.3 is 5.97 Å². The number of benzene rings is 1. The molecular weight excluding hydrogens is 416 g/mol. The van der Waals surface area contributed by atoms with E-state index in [1.54, 1.807) is 4.90 Å². The van der Waals surface area contributed by atoms with Crippen LogP contribution in [0.5, 0.6) is 0 Å². The minimum absolute atomic E-state index is 0.0832. The van der Waals surface area contributed by atoms with E-state index in [4.69, 9.17) is 9.57 Å². The fraction of sp³-hybridized carbons (Fsp3) is 0.519. The fourth-order valence-electron chi connectivity index (χ4n) is 4.16. The highest BCUT2D eigenvalue weighted by atomic mass is 16.6. The number of rotatable bonds is 5. The van der Waals surface area contributed by atoms with E-state index in [1.807, 2.05) is 65.8 Å². The van der Waals surface area contributed by atoms with Crippen LogP contribution >= 0.6 is 0 Å². The lowest BCUT2D eigenvalue weighted by atomic mass is 9.95. The number of carbonyl (C=O) groups excluding carboxylic acids is 2. The Morgan fingerprint density at radius 2 is 1.73 bits per heavy atom. The third-order valence-electron chi connectivity index (χ3n) is 5.40. The number of esters is 1. The van der Waals surface area contributed by atoms with Crippen molar-refractivity contribution in [1.82, 2.24) is 4.90 Å². The lowest BCUT2D eigenvalue weighted by molar-refractivity contribution is -0.139. The summed E-state index contributed by atoms with van der Waals surface area (Å²) >= 11 is 0. The van der Waals surface area contributed by atoms with Gasteiger partial charge in [-0.2, -0.15) is 0 Å². The van der Waals surface area contributed by atoms with Crippen LogP contribution in [0.2, 0.25) is 0 Å². The average Bonchev–Trinajstić information content (AvgIpc) is 2.70. The third kappa shape index (κ3) is 8.19. The summed E-state index contributed by atoms with van der Waals surface area (Å²) in [6.07, 6.45) is 11.0. The van der Waals surface area contributed by atoms with Crippen molar-refractivity contribution < 1.29 is 19.2 Å². The first kappa shape index (κ1) is 26.4. The van der Waals surface area contributed by atoms with Gasteiger partial charge in [0, 0.05) is 18.5 Å². The van der Waals surface area contributed by atoms with Gasteiger partial charge < -0.3 is 14.5 Å². The minimum Gasteiger partial charge on any atom is -0.462 e. The van der Waals surface area contributed by atoms with E-state index < -0.39 is 0 Å². The number of aryl methyl sites for hydroxylation is 2. The van der Waals surface area contributed by atoms with E-state index in [2.05, 4.69) is 17.3 Å². The zero-order valence-corrected chi connectivity index (χ0v) is 20.9. The largest absolute Gasteiger partial charge is 0.462 e. The molecule has 0 spiro atoms. The molecular formula is C27H38N2O4. The molecule has 0 saturated heterocycles. The van der Waals surface area contributed by atoms with Crippen LogP contribution in [0.25, 0.3) is 0 Å². The minimum atomic E-state index is -0.322. The topological polar surface area (TPSA) is 68.2 Å². The van der Waals surface area contributed by atoms with E-state index in [9.17, 15) is 9.59 Å². The Morgan fingerprint density at radius 1 is 1.06 bits per heavy atom. The summed E-state index contributed by atoms with van der Waals surface area (Å²) in [4.78, 5) is 32.7. The monoisotopic (exact) mass is 454 g/mol. The molecule has 1 aromatic rings. The Balaban J connectivity index is 2.31. The van der Waals surface area contributed by atoms with Crippen molar-refractivity contribution in [3.8, 4) is 0 Å². The number of nitrogens with zero attached hydrogens (tertiary/aromatic N) is 2. The molecule has 1 amide bonds. The molecule has 180 valence electrons. The first-order valence-corrected chi connectivity index (χ1v) is 11.8. The quantitative estimate of drug-likeness (QED) is 0.343. The first-order chi connectivity index (χ1) is 15.7. The van der Waals surface area contributed by atoms with Crippen LogP contribution in [0, 0.1) is 13.8 Å². The molecule has 6 heteroatoms. The van der Waals surface area contributed by atoms with Gasteiger partial charge in [-0.05, 0) is 78.0 Å². The third-order valence-corrected chi connectivity index (χ3v) is 5.40. The molecule has 0 bridgehead atoms. The van der Waals surface area contributed by atoms with Gasteiger partial charge in [0.05, 0.1) is 17.9 Å². The predicted molar refractivity (Wildman–Crippen MR) is 133 cm³/mol. The Hall–Kier alpha value is -2.89.